The second-order valence-corrected chi connectivity index (χ2v) is 4.94. The molecule has 4 heteroatoms. The standard InChI is InChI=1S/C13H18FNO.ClH/c1-13(2)10(5-6-15)7-9-8-11(14)3-4-12(9)16-13;/h3-4,8,10H,5-7,15H2,1-2H3;1H. The van der Waals surface area contributed by atoms with Gasteiger partial charge in [0.25, 0.3) is 0 Å². The van der Waals surface area contributed by atoms with Gasteiger partial charge in [-0.3, -0.25) is 0 Å². The first-order chi connectivity index (χ1) is 7.53. The average Bonchev–Trinajstić information content (AvgIpc) is 2.20. The Morgan fingerprint density at radius 3 is 2.82 bits per heavy atom. The van der Waals surface area contributed by atoms with Crippen molar-refractivity contribution in [3.63, 3.8) is 0 Å². The summed E-state index contributed by atoms with van der Waals surface area (Å²) in [7, 11) is 0. The number of hydrogen-bond acceptors (Lipinski definition) is 2. The van der Waals surface area contributed by atoms with E-state index in [1.54, 1.807) is 12.1 Å². The van der Waals surface area contributed by atoms with Gasteiger partial charge in [0.15, 0.2) is 0 Å². The minimum atomic E-state index is -0.218. The number of hydrogen-bond donors (Lipinski definition) is 1. The lowest BCUT2D eigenvalue weighted by Crippen LogP contribution is -2.43. The lowest BCUT2D eigenvalue weighted by Gasteiger charge is -2.40. The summed E-state index contributed by atoms with van der Waals surface area (Å²) in [6, 6.07) is 4.72. The molecule has 0 fully saturated rings. The van der Waals surface area contributed by atoms with Gasteiger partial charge in [-0.25, -0.2) is 4.39 Å². The zero-order valence-electron chi connectivity index (χ0n) is 10.2. The summed E-state index contributed by atoms with van der Waals surface area (Å²) < 4.78 is 19.0. The lowest BCUT2D eigenvalue weighted by atomic mass is 9.80. The Balaban J connectivity index is 0.00000144. The van der Waals surface area contributed by atoms with Gasteiger partial charge in [-0.15, -0.1) is 12.4 Å². The summed E-state index contributed by atoms with van der Waals surface area (Å²) in [6.45, 7) is 4.78. The van der Waals surface area contributed by atoms with Gasteiger partial charge in [-0.2, -0.15) is 0 Å². The van der Waals surface area contributed by atoms with Crippen molar-refractivity contribution in [3.8, 4) is 5.75 Å². The molecule has 0 spiro atoms. The molecular weight excluding hydrogens is 241 g/mol. The summed E-state index contributed by atoms with van der Waals surface area (Å²) in [6.07, 6.45) is 1.75. The van der Waals surface area contributed by atoms with Gasteiger partial charge in [0.2, 0.25) is 0 Å². The van der Waals surface area contributed by atoms with Gasteiger partial charge in [-0.1, -0.05) is 0 Å². The van der Waals surface area contributed by atoms with Crippen LogP contribution in [-0.4, -0.2) is 12.1 Å². The zero-order chi connectivity index (χ0) is 11.8. The van der Waals surface area contributed by atoms with Crippen molar-refractivity contribution in [2.45, 2.75) is 32.3 Å². The van der Waals surface area contributed by atoms with Crippen molar-refractivity contribution < 1.29 is 9.13 Å². The molecule has 1 aliphatic heterocycles. The Hall–Kier alpha value is -0.800. The highest BCUT2D eigenvalue weighted by atomic mass is 35.5. The summed E-state index contributed by atoms with van der Waals surface area (Å²) in [5, 5.41) is 0. The molecular formula is C13H19ClFNO. The Bertz CT molecular complexity index is 395. The van der Waals surface area contributed by atoms with E-state index in [4.69, 9.17) is 10.5 Å². The number of ether oxygens (including phenoxy) is 1. The normalized spacial score (nSPS) is 21.1. The highest BCUT2D eigenvalue weighted by Gasteiger charge is 2.36. The van der Waals surface area contributed by atoms with Gasteiger partial charge in [0.1, 0.15) is 17.2 Å². The van der Waals surface area contributed by atoms with Crippen LogP contribution in [0.4, 0.5) is 4.39 Å². The van der Waals surface area contributed by atoms with E-state index in [1.807, 2.05) is 0 Å². The number of nitrogens with two attached hydrogens (primary N) is 1. The quantitative estimate of drug-likeness (QED) is 0.886. The van der Waals surface area contributed by atoms with Crippen LogP contribution in [0.2, 0.25) is 0 Å². The van der Waals surface area contributed by atoms with Gasteiger partial charge >= 0.3 is 0 Å². The maximum atomic E-state index is 13.1. The molecule has 1 aromatic rings. The van der Waals surface area contributed by atoms with Crippen molar-refractivity contribution >= 4 is 12.4 Å². The van der Waals surface area contributed by atoms with Crippen molar-refractivity contribution in [3.05, 3.63) is 29.6 Å². The van der Waals surface area contributed by atoms with Gasteiger partial charge < -0.3 is 10.5 Å². The summed E-state index contributed by atoms with van der Waals surface area (Å²) in [5.41, 5.74) is 6.34. The summed E-state index contributed by atoms with van der Waals surface area (Å²) in [4.78, 5) is 0. The topological polar surface area (TPSA) is 35.2 Å². The molecule has 1 unspecified atom stereocenters. The maximum absolute atomic E-state index is 13.1. The SMILES string of the molecule is CC1(C)Oc2ccc(F)cc2CC1CCN.Cl. The highest BCUT2D eigenvalue weighted by Crippen LogP contribution is 2.38. The molecule has 0 saturated carbocycles. The smallest absolute Gasteiger partial charge is 0.123 e. The van der Waals surface area contributed by atoms with Crippen LogP contribution >= 0.6 is 12.4 Å². The molecule has 1 aliphatic rings. The lowest BCUT2D eigenvalue weighted by molar-refractivity contribution is 0.0237. The molecule has 96 valence electrons. The van der Waals surface area contributed by atoms with Crippen LogP contribution in [-0.2, 0) is 6.42 Å². The van der Waals surface area contributed by atoms with E-state index in [9.17, 15) is 4.39 Å². The van der Waals surface area contributed by atoms with Crippen LogP contribution < -0.4 is 10.5 Å². The fourth-order valence-electron chi connectivity index (χ4n) is 2.34. The van der Waals surface area contributed by atoms with Gasteiger partial charge in [0.05, 0.1) is 0 Å². The van der Waals surface area contributed by atoms with E-state index in [-0.39, 0.29) is 23.8 Å². The van der Waals surface area contributed by atoms with Crippen LogP contribution in [0, 0.1) is 11.7 Å². The fraction of sp³-hybridized carbons (Fsp3) is 0.538. The van der Waals surface area contributed by atoms with E-state index in [2.05, 4.69) is 13.8 Å². The Kier molecular flexibility index (Phi) is 4.39. The first kappa shape index (κ1) is 14.3. The predicted molar refractivity (Wildman–Crippen MR) is 69.2 cm³/mol. The number of fused-ring (bicyclic) bond motifs is 1. The summed E-state index contributed by atoms with van der Waals surface area (Å²) >= 11 is 0. The van der Waals surface area contributed by atoms with E-state index >= 15 is 0 Å². The number of benzene rings is 1. The molecule has 2 N–H and O–H groups in total. The first-order valence-corrected chi connectivity index (χ1v) is 5.70. The molecule has 0 saturated heterocycles. The van der Waals surface area contributed by atoms with E-state index in [0.29, 0.717) is 12.5 Å². The molecule has 0 bridgehead atoms. The zero-order valence-corrected chi connectivity index (χ0v) is 11.0. The van der Waals surface area contributed by atoms with Crippen LogP contribution in [0.1, 0.15) is 25.8 Å². The van der Waals surface area contributed by atoms with Crippen molar-refractivity contribution in [1.82, 2.24) is 0 Å². The third-order valence-corrected chi connectivity index (χ3v) is 3.36. The third kappa shape index (κ3) is 2.90. The van der Waals surface area contributed by atoms with Crippen molar-refractivity contribution in [1.29, 1.82) is 0 Å². The molecule has 0 amide bonds. The molecule has 1 atom stereocenters. The minimum absolute atomic E-state index is 0. The first-order valence-electron chi connectivity index (χ1n) is 5.70. The molecule has 0 aliphatic carbocycles. The van der Waals surface area contributed by atoms with Gasteiger partial charge in [-0.05, 0) is 57.0 Å². The van der Waals surface area contributed by atoms with E-state index in [0.717, 1.165) is 24.2 Å². The molecule has 0 radical (unpaired) electrons. The second kappa shape index (κ2) is 5.23. The van der Waals surface area contributed by atoms with Crippen molar-refractivity contribution in [2.24, 2.45) is 11.7 Å². The minimum Gasteiger partial charge on any atom is -0.487 e. The molecule has 2 nitrogen and oxygen atoms in total. The van der Waals surface area contributed by atoms with Crippen LogP contribution in [0.15, 0.2) is 18.2 Å². The second-order valence-electron chi connectivity index (χ2n) is 4.94. The Labute approximate surface area is 108 Å². The highest BCUT2D eigenvalue weighted by molar-refractivity contribution is 5.85. The van der Waals surface area contributed by atoms with Crippen molar-refractivity contribution in [2.75, 3.05) is 6.54 Å². The third-order valence-electron chi connectivity index (χ3n) is 3.36. The largest absolute Gasteiger partial charge is 0.487 e. The molecule has 1 heterocycles. The monoisotopic (exact) mass is 259 g/mol. The Morgan fingerprint density at radius 2 is 2.18 bits per heavy atom. The Morgan fingerprint density at radius 1 is 1.47 bits per heavy atom. The summed E-state index contributed by atoms with van der Waals surface area (Å²) in [5.74, 6) is 0.958. The molecule has 0 aromatic heterocycles. The van der Waals surface area contributed by atoms with Crippen LogP contribution in [0.5, 0.6) is 5.75 Å². The van der Waals surface area contributed by atoms with Crippen LogP contribution in [0.25, 0.3) is 0 Å². The van der Waals surface area contributed by atoms with Gasteiger partial charge in [0, 0.05) is 5.92 Å². The fourth-order valence-corrected chi connectivity index (χ4v) is 2.34. The predicted octanol–water partition coefficient (Wildman–Crippen LogP) is 2.93. The number of rotatable bonds is 2. The molecule has 1 aromatic carbocycles. The maximum Gasteiger partial charge on any atom is 0.123 e. The van der Waals surface area contributed by atoms with E-state index in [1.165, 1.54) is 6.07 Å². The van der Waals surface area contributed by atoms with E-state index < -0.39 is 0 Å². The molecule has 17 heavy (non-hydrogen) atoms. The molecule has 2 rings (SSSR count). The average molecular weight is 260 g/mol. The van der Waals surface area contributed by atoms with Crippen LogP contribution in [0.3, 0.4) is 0 Å². The number of halogens is 2.